The number of aliphatic carboxylic acids is 1. The minimum atomic E-state index is -0.833. The van der Waals surface area contributed by atoms with Crippen molar-refractivity contribution in [2.45, 2.75) is 13.8 Å². The van der Waals surface area contributed by atoms with Gasteiger partial charge in [0, 0.05) is 6.92 Å². The van der Waals surface area contributed by atoms with E-state index in [-0.39, 0.29) is 5.43 Å². The lowest BCUT2D eigenvalue weighted by Crippen LogP contribution is -2.03. The van der Waals surface area contributed by atoms with Gasteiger partial charge in [-0.25, -0.2) is 0 Å². The van der Waals surface area contributed by atoms with Crippen LogP contribution in [0.2, 0.25) is 0 Å². The smallest absolute Gasteiger partial charge is 0.300 e. The van der Waals surface area contributed by atoms with Crippen LogP contribution in [0.1, 0.15) is 12.5 Å². The number of rotatable bonds is 0. The Hall–Kier alpha value is -2.62. The average molecular weight is 270 g/mol. The van der Waals surface area contributed by atoms with Crippen LogP contribution in [0.4, 0.5) is 0 Å². The third kappa shape index (κ3) is 2.69. The molecule has 0 saturated carbocycles. The molecule has 0 saturated heterocycles. The highest BCUT2D eigenvalue weighted by Gasteiger charge is 2.08. The van der Waals surface area contributed by atoms with E-state index in [1.165, 1.54) is 0 Å². The molecule has 0 aliphatic carbocycles. The SMILES string of the molecule is CC(=O)O.Cc1cccc2oc3ccccc3c(=O)c12. The highest BCUT2D eigenvalue weighted by atomic mass is 16.4. The van der Waals surface area contributed by atoms with Gasteiger partial charge in [0.2, 0.25) is 5.43 Å². The number of hydrogen-bond donors (Lipinski definition) is 1. The molecule has 4 heteroatoms. The number of carboxylic acids is 1. The van der Waals surface area contributed by atoms with Crippen LogP contribution < -0.4 is 5.43 Å². The van der Waals surface area contributed by atoms with Gasteiger partial charge in [-0.3, -0.25) is 9.59 Å². The van der Waals surface area contributed by atoms with Crippen LogP contribution >= 0.6 is 0 Å². The molecule has 0 bridgehead atoms. The molecule has 0 atom stereocenters. The summed E-state index contributed by atoms with van der Waals surface area (Å²) in [6, 6.07) is 13.0. The normalized spacial score (nSPS) is 10.1. The predicted molar refractivity (Wildman–Crippen MR) is 78.0 cm³/mol. The highest BCUT2D eigenvalue weighted by molar-refractivity contribution is 5.91. The maximum Gasteiger partial charge on any atom is 0.300 e. The molecular weight excluding hydrogens is 256 g/mol. The molecule has 20 heavy (non-hydrogen) atoms. The molecule has 0 fully saturated rings. The molecule has 3 aromatic rings. The summed E-state index contributed by atoms with van der Waals surface area (Å²) in [6.07, 6.45) is 0. The first-order chi connectivity index (χ1) is 9.50. The van der Waals surface area contributed by atoms with Crippen LogP contribution in [0.15, 0.2) is 51.7 Å². The fourth-order valence-electron chi connectivity index (χ4n) is 2.01. The first-order valence-corrected chi connectivity index (χ1v) is 6.11. The molecule has 0 aliphatic rings. The van der Waals surface area contributed by atoms with Crippen molar-refractivity contribution in [2.75, 3.05) is 0 Å². The molecule has 0 aliphatic heterocycles. The molecule has 1 heterocycles. The molecule has 1 N–H and O–H groups in total. The second-order valence-electron chi connectivity index (χ2n) is 4.39. The molecule has 0 radical (unpaired) electrons. The van der Waals surface area contributed by atoms with E-state index in [4.69, 9.17) is 14.3 Å². The van der Waals surface area contributed by atoms with Gasteiger partial charge in [-0.2, -0.15) is 0 Å². The molecule has 0 amide bonds. The van der Waals surface area contributed by atoms with E-state index >= 15 is 0 Å². The van der Waals surface area contributed by atoms with Gasteiger partial charge < -0.3 is 9.52 Å². The summed E-state index contributed by atoms with van der Waals surface area (Å²) in [6.45, 7) is 3.01. The van der Waals surface area contributed by atoms with Crippen LogP contribution in [0, 0.1) is 6.92 Å². The van der Waals surface area contributed by atoms with Gasteiger partial charge in [-0.05, 0) is 30.7 Å². The van der Waals surface area contributed by atoms with E-state index < -0.39 is 5.97 Å². The third-order valence-corrected chi connectivity index (χ3v) is 2.81. The third-order valence-electron chi connectivity index (χ3n) is 2.81. The fraction of sp³-hybridized carbons (Fsp3) is 0.125. The van der Waals surface area contributed by atoms with Crippen molar-refractivity contribution in [1.29, 1.82) is 0 Å². The second kappa shape index (κ2) is 5.57. The Morgan fingerprint density at radius 1 is 1.05 bits per heavy atom. The number of hydrogen-bond acceptors (Lipinski definition) is 3. The standard InChI is InChI=1S/C14H10O2.C2H4O2/c1-9-5-4-8-12-13(9)14(15)10-6-2-3-7-11(10)16-12;1-2(3)4/h2-8H,1H3;1H3,(H,3,4). The summed E-state index contributed by atoms with van der Waals surface area (Å²) in [5.74, 6) is -0.833. The van der Waals surface area contributed by atoms with E-state index in [1.807, 2.05) is 43.3 Å². The zero-order valence-corrected chi connectivity index (χ0v) is 11.2. The van der Waals surface area contributed by atoms with Crippen LogP contribution in [-0.4, -0.2) is 11.1 Å². The lowest BCUT2D eigenvalue weighted by atomic mass is 10.1. The fourth-order valence-corrected chi connectivity index (χ4v) is 2.01. The van der Waals surface area contributed by atoms with Crippen molar-refractivity contribution in [3.63, 3.8) is 0 Å². The van der Waals surface area contributed by atoms with Crippen molar-refractivity contribution < 1.29 is 14.3 Å². The molecule has 4 nitrogen and oxygen atoms in total. The summed E-state index contributed by atoms with van der Waals surface area (Å²) < 4.78 is 5.71. The van der Waals surface area contributed by atoms with Gasteiger partial charge in [0.05, 0.1) is 10.8 Å². The highest BCUT2D eigenvalue weighted by Crippen LogP contribution is 2.20. The van der Waals surface area contributed by atoms with Gasteiger partial charge in [0.1, 0.15) is 11.2 Å². The van der Waals surface area contributed by atoms with E-state index in [0.29, 0.717) is 21.9 Å². The average Bonchev–Trinajstić information content (AvgIpc) is 2.38. The van der Waals surface area contributed by atoms with Gasteiger partial charge in [0.15, 0.2) is 0 Å². The zero-order chi connectivity index (χ0) is 14.7. The number of fused-ring (bicyclic) bond motifs is 2. The van der Waals surface area contributed by atoms with E-state index in [0.717, 1.165) is 12.5 Å². The number of benzene rings is 2. The first kappa shape index (κ1) is 13.8. The number of carbonyl (C=O) groups is 1. The van der Waals surface area contributed by atoms with Crippen molar-refractivity contribution in [2.24, 2.45) is 0 Å². The van der Waals surface area contributed by atoms with Crippen molar-refractivity contribution >= 4 is 27.9 Å². The van der Waals surface area contributed by atoms with Gasteiger partial charge in [0.25, 0.3) is 5.97 Å². The summed E-state index contributed by atoms with van der Waals surface area (Å²) in [5.41, 5.74) is 2.31. The van der Waals surface area contributed by atoms with Crippen LogP contribution in [0.5, 0.6) is 0 Å². The van der Waals surface area contributed by atoms with Crippen LogP contribution in [0.25, 0.3) is 21.9 Å². The summed E-state index contributed by atoms with van der Waals surface area (Å²) in [4.78, 5) is 21.2. The van der Waals surface area contributed by atoms with Gasteiger partial charge >= 0.3 is 0 Å². The molecule has 102 valence electrons. The second-order valence-corrected chi connectivity index (χ2v) is 4.39. The van der Waals surface area contributed by atoms with Gasteiger partial charge in [-0.1, -0.05) is 24.3 Å². The van der Waals surface area contributed by atoms with Crippen LogP contribution in [-0.2, 0) is 4.79 Å². The molecule has 1 aromatic heterocycles. The van der Waals surface area contributed by atoms with Crippen molar-refractivity contribution in [1.82, 2.24) is 0 Å². The Balaban J connectivity index is 0.000000328. The Morgan fingerprint density at radius 2 is 1.65 bits per heavy atom. The quantitative estimate of drug-likeness (QED) is 0.636. The van der Waals surface area contributed by atoms with E-state index in [2.05, 4.69) is 0 Å². The molecule has 3 rings (SSSR count). The van der Waals surface area contributed by atoms with E-state index in [1.54, 1.807) is 6.07 Å². The molecular formula is C16H14O4. The summed E-state index contributed by atoms with van der Waals surface area (Å²) in [7, 11) is 0. The number of carboxylic acid groups (broad SMARTS) is 1. The Labute approximate surface area is 115 Å². The Kier molecular flexibility index (Phi) is 3.84. The summed E-state index contributed by atoms with van der Waals surface area (Å²) in [5, 5.41) is 8.74. The largest absolute Gasteiger partial charge is 0.481 e. The minimum Gasteiger partial charge on any atom is -0.481 e. The molecule has 0 spiro atoms. The predicted octanol–water partition coefficient (Wildman–Crippen LogP) is 3.35. The zero-order valence-electron chi connectivity index (χ0n) is 11.2. The molecule has 0 unspecified atom stereocenters. The maximum absolute atomic E-state index is 12.2. The summed E-state index contributed by atoms with van der Waals surface area (Å²) >= 11 is 0. The number of aryl methyl sites for hydroxylation is 1. The van der Waals surface area contributed by atoms with E-state index in [9.17, 15) is 4.79 Å². The lowest BCUT2D eigenvalue weighted by Gasteiger charge is -2.02. The Bertz CT molecular complexity index is 827. The van der Waals surface area contributed by atoms with Gasteiger partial charge in [-0.15, -0.1) is 0 Å². The first-order valence-electron chi connectivity index (χ1n) is 6.11. The van der Waals surface area contributed by atoms with Crippen LogP contribution in [0.3, 0.4) is 0 Å². The molecule has 2 aromatic carbocycles. The van der Waals surface area contributed by atoms with Crippen molar-refractivity contribution in [3.05, 3.63) is 58.3 Å². The Morgan fingerprint density at radius 3 is 2.35 bits per heavy atom. The lowest BCUT2D eigenvalue weighted by molar-refractivity contribution is -0.134. The number of para-hydroxylation sites is 1. The minimum absolute atomic E-state index is 0.0509. The maximum atomic E-state index is 12.2. The topological polar surface area (TPSA) is 67.5 Å². The monoisotopic (exact) mass is 270 g/mol. The van der Waals surface area contributed by atoms with Crippen molar-refractivity contribution in [3.8, 4) is 0 Å².